The molecule has 1 nitrogen and oxygen atoms in total. The predicted octanol–water partition coefficient (Wildman–Crippen LogP) is 2.64. The molecule has 0 radical (unpaired) electrons. The lowest BCUT2D eigenvalue weighted by atomic mass is 9.76. The summed E-state index contributed by atoms with van der Waals surface area (Å²) in [5.41, 5.74) is 5.99. The van der Waals surface area contributed by atoms with E-state index in [1.165, 1.54) is 32.1 Å². The molecule has 2 heteroatoms. The van der Waals surface area contributed by atoms with Gasteiger partial charge in [-0.25, -0.2) is 0 Å². The molecule has 2 saturated carbocycles. The van der Waals surface area contributed by atoms with Gasteiger partial charge in [-0.1, -0.05) is 32.1 Å². The van der Waals surface area contributed by atoms with Gasteiger partial charge in [0.25, 0.3) is 0 Å². The van der Waals surface area contributed by atoms with Crippen LogP contribution in [0, 0.1) is 11.8 Å². The van der Waals surface area contributed by atoms with Crippen molar-refractivity contribution in [2.45, 2.75) is 50.5 Å². The Morgan fingerprint density at radius 3 is 2.31 bits per heavy atom. The molecule has 2 rings (SSSR count). The van der Waals surface area contributed by atoms with E-state index in [0.29, 0.717) is 5.92 Å². The van der Waals surface area contributed by atoms with Gasteiger partial charge in [-0.2, -0.15) is 0 Å². The fourth-order valence-corrected chi connectivity index (χ4v) is 2.80. The van der Waals surface area contributed by atoms with Crippen LogP contribution in [-0.4, -0.2) is 12.2 Å². The molecule has 1 atom stereocenters. The number of halogens is 1. The zero-order valence-corrected chi connectivity index (χ0v) is 8.27. The third-order valence-electron chi connectivity index (χ3n) is 3.95. The topological polar surface area (TPSA) is 26.0 Å². The maximum absolute atomic E-state index is 12.9. The molecule has 0 saturated heterocycles. The smallest absolute Gasteiger partial charge is 0.0942 e. The minimum absolute atomic E-state index is 0.100. The molecule has 0 amide bonds. The first-order valence-corrected chi connectivity index (χ1v) is 5.61. The SMILES string of the molecule is NC1(C(CF)C2CCCCC2)CC1. The van der Waals surface area contributed by atoms with Crippen molar-refractivity contribution in [2.24, 2.45) is 17.6 Å². The number of hydrogen-bond acceptors (Lipinski definition) is 1. The molecule has 0 aromatic rings. The van der Waals surface area contributed by atoms with Crippen molar-refractivity contribution in [3.8, 4) is 0 Å². The number of alkyl halides is 1. The van der Waals surface area contributed by atoms with Gasteiger partial charge in [0.05, 0.1) is 6.67 Å². The average Bonchev–Trinajstić information content (AvgIpc) is 2.87. The van der Waals surface area contributed by atoms with Crippen molar-refractivity contribution in [3.05, 3.63) is 0 Å². The molecule has 0 aromatic carbocycles. The van der Waals surface area contributed by atoms with Gasteiger partial charge >= 0.3 is 0 Å². The van der Waals surface area contributed by atoms with Gasteiger partial charge in [-0.15, -0.1) is 0 Å². The van der Waals surface area contributed by atoms with Crippen LogP contribution < -0.4 is 5.73 Å². The molecule has 0 aromatic heterocycles. The lowest BCUT2D eigenvalue weighted by Gasteiger charge is -2.32. The number of hydrogen-bond donors (Lipinski definition) is 1. The molecule has 76 valence electrons. The fraction of sp³-hybridized carbons (Fsp3) is 1.00. The van der Waals surface area contributed by atoms with Crippen LogP contribution >= 0.6 is 0 Å². The molecule has 0 bridgehead atoms. The average molecular weight is 185 g/mol. The first kappa shape index (κ1) is 9.45. The highest BCUT2D eigenvalue weighted by molar-refractivity contribution is 5.05. The summed E-state index contributed by atoms with van der Waals surface area (Å²) in [5.74, 6) is 0.763. The van der Waals surface area contributed by atoms with Gasteiger partial charge in [-0.05, 0) is 18.8 Å². The number of rotatable bonds is 3. The van der Waals surface area contributed by atoms with Crippen LogP contribution in [-0.2, 0) is 0 Å². The highest BCUT2D eigenvalue weighted by atomic mass is 19.1. The monoisotopic (exact) mass is 185 g/mol. The predicted molar refractivity (Wildman–Crippen MR) is 52.2 cm³/mol. The summed E-state index contributed by atoms with van der Waals surface area (Å²) in [6.45, 7) is -0.193. The van der Waals surface area contributed by atoms with E-state index >= 15 is 0 Å². The second-order valence-corrected chi connectivity index (χ2v) is 4.89. The van der Waals surface area contributed by atoms with E-state index in [-0.39, 0.29) is 18.1 Å². The maximum Gasteiger partial charge on any atom is 0.0942 e. The summed E-state index contributed by atoms with van der Waals surface area (Å²) in [6, 6.07) is 0. The molecule has 0 heterocycles. The van der Waals surface area contributed by atoms with Gasteiger partial charge in [-0.3, -0.25) is 4.39 Å². The van der Waals surface area contributed by atoms with Crippen molar-refractivity contribution in [1.82, 2.24) is 0 Å². The fourth-order valence-electron chi connectivity index (χ4n) is 2.80. The maximum atomic E-state index is 12.9. The van der Waals surface area contributed by atoms with Gasteiger partial charge in [0.15, 0.2) is 0 Å². The highest BCUT2D eigenvalue weighted by Crippen LogP contribution is 2.46. The largest absolute Gasteiger partial charge is 0.325 e. The lowest BCUT2D eigenvalue weighted by molar-refractivity contribution is 0.167. The van der Waals surface area contributed by atoms with Gasteiger partial charge in [0, 0.05) is 11.5 Å². The summed E-state index contributed by atoms with van der Waals surface area (Å²) in [5, 5.41) is 0. The molecular weight excluding hydrogens is 165 g/mol. The Labute approximate surface area is 79.9 Å². The molecule has 2 aliphatic rings. The van der Waals surface area contributed by atoms with Crippen LogP contribution in [0.3, 0.4) is 0 Å². The Balaban J connectivity index is 1.94. The standard InChI is InChI=1S/C11H20FN/c12-8-10(11(13)6-7-11)9-4-2-1-3-5-9/h9-10H,1-8,13H2. The molecule has 13 heavy (non-hydrogen) atoms. The summed E-state index contributed by atoms with van der Waals surface area (Å²) >= 11 is 0. The van der Waals surface area contributed by atoms with Crippen molar-refractivity contribution in [1.29, 1.82) is 0 Å². The molecule has 0 spiro atoms. The van der Waals surface area contributed by atoms with Crippen LogP contribution in [0.25, 0.3) is 0 Å². The molecular formula is C11H20FN. The van der Waals surface area contributed by atoms with Crippen LogP contribution in [0.4, 0.5) is 4.39 Å². The van der Waals surface area contributed by atoms with E-state index < -0.39 is 0 Å². The molecule has 1 unspecified atom stereocenters. The van der Waals surface area contributed by atoms with Crippen LogP contribution in [0.15, 0.2) is 0 Å². The third-order valence-corrected chi connectivity index (χ3v) is 3.95. The minimum atomic E-state index is -0.193. The van der Waals surface area contributed by atoms with Crippen LogP contribution in [0.5, 0.6) is 0 Å². The Morgan fingerprint density at radius 1 is 1.23 bits per heavy atom. The Morgan fingerprint density at radius 2 is 1.85 bits per heavy atom. The van der Waals surface area contributed by atoms with E-state index in [2.05, 4.69) is 0 Å². The van der Waals surface area contributed by atoms with Crippen molar-refractivity contribution in [2.75, 3.05) is 6.67 Å². The molecule has 2 fully saturated rings. The van der Waals surface area contributed by atoms with E-state index in [0.717, 1.165) is 12.8 Å². The minimum Gasteiger partial charge on any atom is -0.325 e. The van der Waals surface area contributed by atoms with E-state index in [9.17, 15) is 4.39 Å². The van der Waals surface area contributed by atoms with Crippen molar-refractivity contribution >= 4 is 0 Å². The van der Waals surface area contributed by atoms with E-state index in [1.807, 2.05) is 0 Å². The van der Waals surface area contributed by atoms with Gasteiger partial charge in [0.1, 0.15) is 0 Å². The zero-order valence-electron chi connectivity index (χ0n) is 8.27. The van der Waals surface area contributed by atoms with Gasteiger partial charge in [0.2, 0.25) is 0 Å². The van der Waals surface area contributed by atoms with Gasteiger partial charge < -0.3 is 5.73 Å². The highest BCUT2D eigenvalue weighted by Gasteiger charge is 2.48. The first-order chi connectivity index (χ1) is 6.26. The third kappa shape index (κ3) is 1.88. The summed E-state index contributed by atoms with van der Waals surface area (Å²) in [7, 11) is 0. The summed E-state index contributed by atoms with van der Waals surface area (Å²) in [6.07, 6.45) is 8.46. The van der Waals surface area contributed by atoms with E-state index in [1.54, 1.807) is 0 Å². The van der Waals surface area contributed by atoms with Crippen molar-refractivity contribution in [3.63, 3.8) is 0 Å². The number of nitrogens with two attached hydrogens (primary N) is 1. The summed E-state index contributed by atoms with van der Waals surface area (Å²) in [4.78, 5) is 0. The molecule has 2 N–H and O–H groups in total. The lowest BCUT2D eigenvalue weighted by Crippen LogP contribution is -2.39. The normalized spacial score (nSPS) is 30.0. The Hall–Kier alpha value is -0.110. The van der Waals surface area contributed by atoms with Crippen LogP contribution in [0.2, 0.25) is 0 Å². The van der Waals surface area contributed by atoms with Crippen molar-refractivity contribution < 1.29 is 4.39 Å². The Bertz CT molecular complexity index is 171. The molecule has 0 aliphatic heterocycles. The Kier molecular flexibility index (Phi) is 2.59. The molecule has 2 aliphatic carbocycles. The first-order valence-electron chi connectivity index (χ1n) is 5.61. The summed E-state index contributed by atoms with van der Waals surface area (Å²) < 4.78 is 12.9. The quantitative estimate of drug-likeness (QED) is 0.718. The zero-order chi connectivity index (χ0) is 9.31. The van der Waals surface area contributed by atoms with E-state index in [4.69, 9.17) is 5.73 Å². The second-order valence-electron chi connectivity index (χ2n) is 4.89. The second kappa shape index (κ2) is 3.56. The van der Waals surface area contributed by atoms with Crippen LogP contribution in [0.1, 0.15) is 44.9 Å².